The van der Waals surface area contributed by atoms with Gasteiger partial charge in [-0.2, -0.15) is 0 Å². The molecule has 0 N–H and O–H groups in total. The van der Waals surface area contributed by atoms with Crippen molar-refractivity contribution in [2.45, 2.75) is 5.41 Å². The summed E-state index contributed by atoms with van der Waals surface area (Å²) in [5, 5.41) is 7.49. The molecular weight excluding hydrogens is 1140 g/mol. The Morgan fingerprint density at radius 1 is 0.290 bits per heavy atom. The predicted octanol–water partition coefficient (Wildman–Crippen LogP) is 21.6. The van der Waals surface area contributed by atoms with E-state index < -0.39 is 5.41 Å². The molecule has 17 aromatic rings. The van der Waals surface area contributed by atoms with Crippen molar-refractivity contribution in [3.05, 3.63) is 356 Å². The lowest BCUT2D eigenvalue weighted by Gasteiger charge is -2.42. The van der Waals surface area contributed by atoms with Crippen molar-refractivity contribution in [3.8, 4) is 72.4 Å². The summed E-state index contributed by atoms with van der Waals surface area (Å²) in [7, 11) is 0. The first kappa shape index (κ1) is 52.2. The number of nitrogens with zero attached hydrogens (tertiary/aromatic N) is 2. The summed E-state index contributed by atoms with van der Waals surface area (Å²) in [5.41, 5.74) is 29.8. The molecule has 0 fully saturated rings. The molecule has 0 atom stereocenters. The van der Waals surface area contributed by atoms with Gasteiger partial charge in [-0.1, -0.05) is 273 Å². The first-order valence-electron chi connectivity index (χ1n) is 32.3. The van der Waals surface area contributed by atoms with Crippen LogP contribution in [-0.2, 0) is 5.41 Å². The van der Waals surface area contributed by atoms with Gasteiger partial charge in [0.15, 0.2) is 0 Å². The summed E-state index contributed by atoms with van der Waals surface area (Å²) in [6, 6.07) is 126. The summed E-state index contributed by atoms with van der Waals surface area (Å²) >= 11 is 1.91. The second-order valence-corrected chi connectivity index (χ2v) is 26.5. The third-order valence-corrected chi connectivity index (χ3v) is 21.7. The van der Waals surface area contributed by atoms with E-state index in [9.17, 15) is 0 Å². The summed E-state index contributed by atoms with van der Waals surface area (Å²) in [6.45, 7) is -0.124. The minimum atomic E-state index is -0.590. The number of rotatable bonds is 8. The van der Waals surface area contributed by atoms with Crippen molar-refractivity contribution in [2.75, 3.05) is 4.90 Å². The van der Waals surface area contributed by atoms with Gasteiger partial charge in [-0.25, -0.2) is 0 Å². The maximum atomic E-state index is 2.72. The SMILES string of the molecule is c1ccc(-c2cccc(-c3cccc(-c4cccc(-c5ccccc5)c4)c3N3c4cc5c(cc4B4c6c3cc(-c3ccc7ccccc7c3)cc6-n3c6cc7c(cc6c6cccc4c63)-c3ccccc3C7(c3ccccc3)c3ccccc3)sc3ccccc35)c2)cc1. The van der Waals surface area contributed by atoms with E-state index in [1.807, 2.05) is 11.3 Å². The highest BCUT2D eigenvalue weighted by Crippen LogP contribution is 2.58. The van der Waals surface area contributed by atoms with Crippen LogP contribution in [0.2, 0.25) is 0 Å². The van der Waals surface area contributed by atoms with E-state index in [1.165, 1.54) is 147 Å². The van der Waals surface area contributed by atoms with Gasteiger partial charge in [0.25, 0.3) is 6.71 Å². The van der Waals surface area contributed by atoms with Crippen LogP contribution in [0, 0.1) is 0 Å². The Morgan fingerprint density at radius 3 is 1.57 bits per heavy atom. The largest absolute Gasteiger partial charge is 0.310 e. The molecule has 0 bridgehead atoms. The molecule has 0 saturated heterocycles. The standard InChI is InChI=1S/C89H55BN2S/c1-5-23-56(24-6-1)60-29-19-31-63(48-60)68-39-21-40-69(64-32-20-30-61(49-64)57-25-7-2-8-26-57)87(68)92-81-53-75-71-38-16-18-44-84(71)93-85(75)55-79(81)90-78-43-22-41-72-74-52-73-70-37-15-17-42-76(70)89(66-33-9-3-10-34-66,67-35-11-4-12-36-67)77(73)54-80(74)91(88(72)78)82-50-65(51-83(92)86(82)90)62-46-45-58-27-13-14-28-59(58)47-62/h1-55H. The average Bonchev–Trinajstić information content (AvgIpc) is 1.60. The van der Waals surface area contributed by atoms with Gasteiger partial charge in [-0.05, 0) is 166 Å². The van der Waals surface area contributed by atoms with Gasteiger partial charge in [0.05, 0.1) is 16.6 Å². The molecule has 0 spiro atoms. The Bertz CT molecular complexity index is 5800. The highest BCUT2D eigenvalue weighted by molar-refractivity contribution is 7.26. The van der Waals surface area contributed by atoms with Crippen molar-refractivity contribution in [3.63, 3.8) is 0 Å². The monoisotopic (exact) mass is 1190 g/mol. The topological polar surface area (TPSA) is 8.17 Å². The van der Waals surface area contributed by atoms with Gasteiger partial charge >= 0.3 is 0 Å². The molecule has 0 unspecified atom stereocenters. The molecule has 93 heavy (non-hydrogen) atoms. The Hall–Kier alpha value is -11.6. The van der Waals surface area contributed by atoms with Crippen LogP contribution in [0.3, 0.4) is 0 Å². The number of thiophene rings is 1. The van der Waals surface area contributed by atoms with Crippen LogP contribution in [0.15, 0.2) is 334 Å². The van der Waals surface area contributed by atoms with Crippen molar-refractivity contribution in [1.82, 2.24) is 4.57 Å². The Balaban J connectivity index is 0.949. The number of aromatic nitrogens is 1. The number of anilines is 3. The highest BCUT2D eigenvalue weighted by Gasteiger charge is 2.48. The van der Waals surface area contributed by atoms with E-state index in [1.54, 1.807) is 0 Å². The van der Waals surface area contributed by atoms with Crippen molar-refractivity contribution < 1.29 is 0 Å². The zero-order valence-electron chi connectivity index (χ0n) is 50.6. The highest BCUT2D eigenvalue weighted by atomic mass is 32.1. The first-order valence-corrected chi connectivity index (χ1v) is 33.1. The lowest BCUT2D eigenvalue weighted by Crippen LogP contribution is -2.60. The molecule has 15 aromatic carbocycles. The fourth-order valence-corrected chi connectivity index (χ4v) is 17.8. The number of hydrogen-bond acceptors (Lipinski definition) is 2. The molecule has 1 aliphatic carbocycles. The van der Waals surface area contributed by atoms with Crippen LogP contribution in [0.5, 0.6) is 0 Å². The van der Waals surface area contributed by atoms with E-state index in [0.717, 1.165) is 33.5 Å². The summed E-state index contributed by atoms with van der Waals surface area (Å²) in [5.74, 6) is 0. The van der Waals surface area contributed by atoms with Crippen LogP contribution < -0.4 is 21.3 Å². The van der Waals surface area contributed by atoms with E-state index in [-0.39, 0.29) is 6.71 Å². The van der Waals surface area contributed by atoms with E-state index >= 15 is 0 Å². The van der Waals surface area contributed by atoms with Gasteiger partial charge in [-0.15, -0.1) is 11.3 Å². The van der Waals surface area contributed by atoms with Gasteiger partial charge in [0, 0.05) is 64.7 Å². The average molecular weight is 1200 g/mol. The van der Waals surface area contributed by atoms with Crippen LogP contribution in [0.4, 0.5) is 17.1 Å². The van der Waals surface area contributed by atoms with Crippen LogP contribution in [0.1, 0.15) is 22.3 Å². The molecule has 0 saturated carbocycles. The molecule has 430 valence electrons. The number of benzene rings is 15. The molecule has 4 heteroatoms. The molecule has 2 aliphatic heterocycles. The van der Waals surface area contributed by atoms with Gasteiger partial charge in [0.2, 0.25) is 0 Å². The van der Waals surface area contributed by atoms with Crippen molar-refractivity contribution in [1.29, 1.82) is 0 Å². The van der Waals surface area contributed by atoms with Crippen LogP contribution in [0.25, 0.3) is 125 Å². The zero-order chi connectivity index (χ0) is 60.9. The second-order valence-electron chi connectivity index (χ2n) is 25.4. The number of para-hydroxylation sites is 2. The molecule has 2 nitrogen and oxygen atoms in total. The number of fused-ring (bicyclic) bond motifs is 14. The third kappa shape index (κ3) is 7.65. The number of hydrogen-bond donors (Lipinski definition) is 0. The molecule has 20 rings (SSSR count). The normalized spacial score (nSPS) is 13.2. The molecule has 0 radical (unpaired) electrons. The van der Waals surface area contributed by atoms with Gasteiger partial charge in [0.1, 0.15) is 0 Å². The van der Waals surface area contributed by atoms with Crippen LogP contribution >= 0.6 is 11.3 Å². The maximum Gasteiger partial charge on any atom is 0.252 e. The van der Waals surface area contributed by atoms with Crippen molar-refractivity contribution in [2.24, 2.45) is 0 Å². The maximum absolute atomic E-state index is 2.72. The van der Waals surface area contributed by atoms with Crippen molar-refractivity contribution >= 4 is 104 Å². The molecule has 0 amide bonds. The minimum Gasteiger partial charge on any atom is -0.310 e. The van der Waals surface area contributed by atoms with E-state index in [2.05, 4.69) is 343 Å². The second kappa shape index (κ2) is 20.2. The van der Waals surface area contributed by atoms with Gasteiger partial charge < -0.3 is 9.47 Å². The molecular formula is C89H55BN2S. The summed E-state index contributed by atoms with van der Waals surface area (Å²) in [4.78, 5) is 2.72. The Kier molecular flexibility index (Phi) is 11.4. The fraction of sp³-hybridized carbons (Fsp3) is 0.0112. The molecule has 4 heterocycles. The lowest BCUT2D eigenvalue weighted by atomic mass is 9.33. The van der Waals surface area contributed by atoms with E-state index in [4.69, 9.17) is 0 Å². The minimum absolute atomic E-state index is 0.124. The lowest BCUT2D eigenvalue weighted by molar-refractivity contribution is 0.769. The molecule has 3 aliphatic rings. The van der Waals surface area contributed by atoms with E-state index in [0.29, 0.717) is 0 Å². The summed E-state index contributed by atoms with van der Waals surface area (Å²) < 4.78 is 5.28. The quantitative estimate of drug-likeness (QED) is 0.138. The predicted molar refractivity (Wildman–Crippen MR) is 395 cm³/mol. The smallest absolute Gasteiger partial charge is 0.252 e. The summed E-state index contributed by atoms with van der Waals surface area (Å²) in [6.07, 6.45) is 0. The third-order valence-electron chi connectivity index (χ3n) is 20.6. The fourth-order valence-electron chi connectivity index (χ4n) is 16.6. The Labute approximate surface area is 543 Å². The zero-order valence-corrected chi connectivity index (χ0v) is 51.5. The Morgan fingerprint density at radius 2 is 0.849 bits per heavy atom. The van der Waals surface area contributed by atoms with Gasteiger partial charge in [-0.3, -0.25) is 0 Å². The molecule has 2 aromatic heterocycles. The first-order chi connectivity index (χ1) is 46.1. The van der Waals surface area contributed by atoms with Crippen LogP contribution in [-0.4, -0.2) is 11.3 Å².